The molecule has 0 saturated heterocycles. The molecule has 1 unspecified atom stereocenters. The maximum atomic E-state index is 11.7. The predicted molar refractivity (Wildman–Crippen MR) is 57.3 cm³/mol. The largest absolute Gasteiger partial charge is 0.411 e. The molecule has 0 aromatic carbocycles. The van der Waals surface area contributed by atoms with Crippen LogP contribution in [0.25, 0.3) is 0 Å². The first-order chi connectivity index (χ1) is 7.99. The second-order valence-corrected chi connectivity index (χ2v) is 3.70. The molecule has 2 N–H and O–H groups in total. The molecule has 0 fully saturated rings. The fourth-order valence-electron chi connectivity index (χ4n) is 1.36. The van der Waals surface area contributed by atoms with E-state index in [9.17, 15) is 13.2 Å². The SMILES string of the molecule is NC(CCCOCC(F)(F)F)c1cccnc1. The molecule has 1 aromatic heterocycles. The summed E-state index contributed by atoms with van der Waals surface area (Å²) >= 11 is 0. The molecule has 0 aliphatic carbocycles. The molecule has 0 amide bonds. The van der Waals surface area contributed by atoms with E-state index in [0.29, 0.717) is 12.8 Å². The summed E-state index contributed by atoms with van der Waals surface area (Å²) in [5, 5.41) is 0. The van der Waals surface area contributed by atoms with Crippen LogP contribution in [0, 0.1) is 0 Å². The first-order valence-electron chi connectivity index (χ1n) is 5.29. The predicted octanol–water partition coefficient (Wildman–Crippen LogP) is 2.44. The van der Waals surface area contributed by atoms with Gasteiger partial charge in [0.15, 0.2) is 0 Å². The highest BCUT2D eigenvalue weighted by Gasteiger charge is 2.27. The lowest BCUT2D eigenvalue weighted by Gasteiger charge is -2.12. The van der Waals surface area contributed by atoms with Gasteiger partial charge < -0.3 is 10.5 Å². The first kappa shape index (κ1) is 13.9. The van der Waals surface area contributed by atoms with Crippen LogP contribution in [0.1, 0.15) is 24.4 Å². The van der Waals surface area contributed by atoms with E-state index < -0.39 is 12.8 Å². The molecule has 1 rings (SSSR count). The van der Waals surface area contributed by atoms with Gasteiger partial charge in [-0.25, -0.2) is 0 Å². The highest BCUT2D eigenvalue weighted by molar-refractivity contribution is 5.12. The zero-order valence-electron chi connectivity index (χ0n) is 9.28. The number of pyridine rings is 1. The number of halogens is 3. The molecule has 1 aromatic rings. The van der Waals surface area contributed by atoms with Crippen molar-refractivity contribution in [3.05, 3.63) is 30.1 Å². The zero-order chi connectivity index (χ0) is 12.7. The third-order valence-corrected chi connectivity index (χ3v) is 2.18. The molecular formula is C11H15F3N2O. The van der Waals surface area contributed by atoms with Crippen molar-refractivity contribution in [2.75, 3.05) is 13.2 Å². The fourth-order valence-corrected chi connectivity index (χ4v) is 1.36. The van der Waals surface area contributed by atoms with E-state index in [-0.39, 0.29) is 12.6 Å². The highest BCUT2D eigenvalue weighted by atomic mass is 19.4. The third kappa shape index (κ3) is 6.23. The Morgan fingerprint density at radius 2 is 2.18 bits per heavy atom. The number of nitrogens with zero attached hydrogens (tertiary/aromatic N) is 1. The Morgan fingerprint density at radius 1 is 1.41 bits per heavy atom. The van der Waals surface area contributed by atoms with Crippen LogP contribution in [0.5, 0.6) is 0 Å². The molecule has 1 atom stereocenters. The van der Waals surface area contributed by atoms with Crippen LogP contribution in [0.15, 0.2) is 24.5 Å². The Morgan fingerprint density at radius 3 is 2.76 bits per heavy atom. The molecule has 1 heterocycles. The molecule has 0 radical (unpaired) electrons. The lowest BCUT2D eigenvalue weighted by Crippen LogP contribution is -2.18. The van der Waals surface area contributed by atoms with Gasteiger partial charge in [0.2, 0.25) is 0 Å². The number of hydrogen-bond acceptors (Lipinski definition) is 3. The van der Waals surface area contributed by atoms with E-state index in [4.69, 9.17) is 5.73 Å². The molecule has 0 bridgehead atoms. The van der Waals surface area contributed by atoms with Crippen LogP contribution in [-0.2, 0) is 4.74 Å². The lowest BCUT2D eigenvalue weighted by molar-refractivity contribution is -0.174. The number of aromatic nitrogens is 1. The van der Waals surface area contributed by atoms with Crippen molar-refractivity contribution in [1.29, 1.82) is 0 Å². The van der Waals surface area contributed by atoms with Crippen molar-refractivity contribution in [1.82, 2.24) is 4.98 Å². The Balaban J connectivity index is 2.15. The number of alkyl halides is 3. The molecule has 0 saturated carbocycles. The lowest BCUT2D eigenvalue weighted by atomic mass is 10.1. The van der Waals surface area contributed by atoms with Crippen molar-refractivity contribution >= 4 is 0 Å². The van der Waals surface area contributed by atoms with Crippen LogP contribution in [-0.4, -0.2) is 24.4 Å². The van der Waals surface area contributed by atoms with Crippen molar-refractivity contribution in [3.8, 4) is 0 Å². The molecule has 3 nitrogen and oxygen atoms in total. The Bertz CT molecular complexity index is 316. The summed E-state index contributed by atoms with van der Waals surface area (Å²) in [6, 6.07) is 3.40. The van der Waals surface area contributed by atoms with Gasteiger partial charge in [-0.05, 0) is 24.5 Å². The summed E-state index contributed by atoms with van der Waals surface area (Å²) in [4.78, 5) is 3.92. The van der Waals surface area contributed by atoms with Gasteiger partial charge in [-0.3, -0.25) is 4.98 Å². The monoisotopic (exact) mass is 248 g/mol. The number of hydrogen-bond donors (Lipinski definition) is 1. The van der Waals surface area contributed by atoms with Crippen LogP contribution >= 0.6 is 0 Å². The summed E-state index contributed by atoms with van der Waals surface area (Å²) in [5.74, 6) is 0. The van der Waals surface area contributed by atoms with E-state index in [0.717, 1.165) is 5.56 Å². The van der Waals surface area contributed by atoms with E-state index in [1.807, 2.05) is 6.07 Å². The number of nitrogens with two attached hydrogens (primary N) is 1. The fraction of sp³-hybridized carbons (Fsp3) is 0.545. The minimum atomic E-state index is -4.26. The van der Waals surface area contributed by atoms with E-state index in [1.54, 1.807) is 18.5 Å². The first-order valence-corrected chi connectivity index (χ1v) is 5.29. The van der Waals surface area contributed by atoms with Crippen molar-refractivity contribution < 1.29 is 17.9 Å². The minimum absolute atomic E-state index is 0.0630. The van der Waals surface area contributed by atoms with Crippen molar-refractivity contribution in [3.63, 3.8) is 0 Å². The van der Waals surface area contributed by atoms with Crippen molar-refractivity contribution in [2.45, 2.75) is 25.1 Å². The van der Waals surface area contributed by atoms with E-state index in [1.165, 1.54) is 0 Å². The highest BCUT2D eigenvalue weighted by Crippen LogP contribution is 2.16. The van der Waals surface area contributed by atoms with Crippen LogP contribution < -0.4 is 5.73 Å². The molecule has 6 heteroatoms. The number of rotatable bonds is 6. The summed E-state index contributed by atoms with van der Waals surface area (Å²) < 4.78 is 39.7. The average Bonchev–Trinajstić information content (AvgIpc) is 2.28. The van der Waals surface area contributed by atoms with Crippen LogP contribution in [0.2, 0.25) is 0 Å². The van der Waals surface area contributed by atoms with Gasteiger partial charge in [0.1, 0.15) is 6.61 Å². The topological polar surface area (TPSA) is 48.1 Å². The number of ether oxygens (including phenoxy) is 1. The average molecular weight is 248 g/mol. The van der Waals surface area contributed by atoms with Gasteiger partial charge in [-0.15, -0.1) is 0 Å². The van der Waals surface area contributed by atoms with Gasteiger partial charge in [0.05, 0.1) is 0 Å². The maximum absolute atomic E-state index is 11.7. The third-order valence-electron chi connectivity index (χ3n) is 2.18. The van der Waals surface area contributed by atoms with E-state index >= 15 is 0 Å². The molecule has 17 heavy (non-hydrogen) atoms. The Kier molecular flexibility index (Phi) is 5.37. The summed E-state index contributed by atoms with van der Waals surface area (Å²) in [7, 11) is 0. The van der Waals surface area contributed by atoms with Crippen molar-refractivity contribution in [2.24, 2.45) is 5.73 Å². The zero-order valence-corrected chi connectivity index (χ0v) is 9.28. The maximum Gasteiger partial charge on any atom is 0.411 e. The molecule has 0 spiro atoms. The minimum Gasteiger partial charge on any atom is -0.372 e. The van der Waals surface area contributed by atoms with E-state index in [2.05, 4.69) is 9.72 Å². The molecule has 0 aliphatic heterocycles. The van der Waals surface area contributed by atoms with Gasteiger partial charge in [0, 0.05) is 25.0 Å². The smallest absolute Gasteiger partial charge is 0.372 e. The van der Waals surface area contributed by atoms with Gasteiger partial charge in [0.25, 0.3) is 0 Å². The summed E-state index contributed by atoms with van der Waals surface area (Å²) in [5.41, 5.74) is 6.72. The van der Waals surface area contributed by atoms with Crippen LogP contribution in [0.4, 0.5) is 13.2 Å². The Hall–Kier alpha value is -1.14. The molecule has 96 valence electrons. The molecular weight excluding hydrogens is 233 g/mol. The van der Waals surface area contributed by atoms with Gasteiger partial charge in [-0.2, -0.15) is 13.2 Å². The quantitative estimate of drug-likeness (QED) is 0.786. The second kappa shape index (κ2) is 6.56. The normalized spacial score (nSPS) is 13.6. The Labute approximate surface area is 97.8 Å². The summed E-state index contributed by atoms with van der Waals surface area (Å²) in [6.45, 7) is -1.14. The van der Waals surface area contributed by atoms with Crippen LogP contribution in [0.3, 0.4) is 0 Å². The standard InChI is InChI=1S/C11H15F3N2O/c12-11(13,14)8-17-6-2-4-10(15)9-3-1-5-16-7-9/h1,3,5,7,10H,2,4,6,8,15H2. The van der Waals surface area contributed by atoms with Gasteiger partial charge >= 0.3 is 6.18 Å². The van der Waals surface area contributed by atoms with Gasteiger partial charge in [-0.1, -0.05) is 6.07 Å². The molecule has 0 aliphatic rings. The second-order valence-electron chi connectivity index (χ2n) is 3.70. The summed E-state index contributed by atoms with van der Waals surface area (Å²) in [6.07, 6.45) is 0.102.